The van der Waals surface area contributed by atoms with Gasteiger partial charge in [-0.05, 0) is 70.5 Å². The number of benzene rings is 2. The molecule has 0 saturated heterocycles. The second-order valence-corrected chi connectivity index (χ2v) is 11.0. The van der Waals surface area contributed by atoms with Crippen LogP contribution < -0.4 is 14.2 Å². The number of esters is 1. The van der Waals surface area contributed by atoms with Crippen LogP contribution in [-0.4, -0.2) is 46.7 Å². The molecule has 3 heterocycles. The van der Waals surface area contributed by atoms with Crippen LogP contribution in [0.3, 0.4) is 0 Å². The highest BCUT2D eigenvalue weighted by Gasteiger charge is 2.34. The van der Waals surface area contributed by atoms with Crippen molar-refractivity contribution in [3.63, 3.8) is 0 Å². The van der Waals surface area contributed by atoms with Crippen molar-refractivity contribution in [2.75, 3.05) is 20.8 Å². The van der Waals surface area contributed by atoms with Gasteiger partial charge in [0.05, 0.1) is 32.2 Å². The zero-order valence-electron chi connectivity index (χ0n) is 24.7. The lowest BCUT2D eigenvalue weighted by atomic mass is 9.98. The molecule has 2 aromatic heterocycles. The molecule has 2 atom stereocenters. The van der Waals surface area contributed by atoms with Gasteiger partial charge in [-0.25, -0.2) is 4.79 Å². The molecular formula is C32H36ClN3O6. The lowest BCUT2D eigenvalue weighted by Gasteiger charge is -2.25. The number of fused-ring (bicyclic) bond motifs is 3. The Morgan fingerprint density at radius 3 is 2.62 bits per heavy atom. The Morgan fingerprint density at radius 2 is 1.88 bits per heavy atom. The highest BCUT2D eigenvalue weighted by atomic mass is 35.5. The van der Waals surface area contributed by atoms with Gasteiger partial charge in [0.2, 0.25) is 11.5 Å². The Labute approximate surface area is 250 Å². The summed E-state index contributed by atoms with van der Waals surface area (Å²) in [4.78, 5) is 12.3. The summed E-state index contributed by atoms with van der Waals surface area (Å²) in [5.74, 6) is 1.14. The van der Waals surface area contributed by atoms with E-state index in [4.69, 9.17) is 35.3 Å². The fourth-order valence-corrected chi connectivity index (χ4v) is 5.50. The molecule has 222 valence electrons. The second kappa shape index (κ2) is 12.1. The van der Waals surface area contributed by atoms with Gasteiger partial charge in [-0.15, -0.1) is 5.10 Å². The third kappa shape index (κ3) is 5.71. The van der Waals surface area contributed by atoms with Crippen molar-refractivity contribution in [1.82, 2.24) is 14.3 Å². The molecule has 0 saturated carbocycles. The van der Waals surface area contributed by atoms with Crippen LogP contribution in [0.25, 0.3) is 5.69 Å². The van der Waals surface area contributed by atoms with E-state index in [1.54, 1.807) is 35.0 Å². The molecule has 0 bridgehead atoms. The van der Waals surface area contributed by atoms with E-state index in [-0.39, 0.29) is 12.7 Å². The lowest BCUT2D eigenvalue weighted by molar-refractivity contribution is -0.158. The molecule has 0 amide bonds. The molecule has 1 aliphatic heterocycles. The molecule has 0 aliphatic carbocycles. The minimum absolute atomic E-state index is 0.279. The largest absolute Gasteiger partial charge is 0.493 e. The maximum absolute atomic E-state index is 12.3. The highest BCUT2D eigenvalue weighted by molar-refractivity contribution is 6.30. The monoisotopic (exact) mass is 593 g/mol. The highest BCUT2D eigenvalue weighted by Crippen LogP contribution is 2.46. The number of nitrogens with zero attached hydrogens (tertiary/aromatic N) is 3. The molecule has 0 spiro atoms. The van der Waals surface area contributed by atoms with Crippen LogP contribution in [0.5, 0.6) is 17.4 Å². The molecule has 0 fully saturated rings. The van der Waals surface area contributed by atoms with Gasteiger partial charge in [0.25, 0.3) is 0 Å². The number of methoxy groups -OCH3 is 2. The number of carbonyl (C=O) groups excluding carboxylic acids is 1. The number of carbonyl (C=O) groups is 1. The van der Waals surface area contributed by atoms with Crippen molar-refractivity contribution >= 4 is 17.6 Å². The van der Waals surface area contributed by atoms with Gasteiger partial charge < -0.3 is 28.3 Å². The van der Waals surface area contributed by atoms with E-state index in [0.717, 1.165) is 28.2 Å². The first-order valence-corrected chi connectivity index (χ1v) is 14.3. The van der Waals surface area contributed by atoms with E-state index < -0.39 is 17.7 Å². The standard InChI is InChI=1S/C32H36ClN3O6/c1-7-40-31(37)32(3,4)42-28-18-20(2)36(34-28)17-15-26-25-11-9-16-35(25)24-14-13-21(33)19-23(24)29(41-26)22-10-8-12-27(38-5)30(22)39-6/h8-14,16,18-19,26,29H,7,15,17H2,1-6H3/t26-,29-/m1/s1. The van der Waals surface area contributed by atoms with Crippen molar-refractivity contribution in [2.45, 2.75) is 58.5 Å². The third-order valence-electron chi connectivity index (χ3n) is 7.35. The summed E-state index contributed by atoms with van der Waals surface area (Å²) in [6, 6.07) is 17.5. The summed E-state index contributed by atoms with van der Waals surface area (Å²) in [5, 5.41) is 5.25. The Hall–Kier alpha value is -3.95. The van der Waals surface area contributed by atoms with Gasteiger partial charge in [0.1, 0.15) is 12.2 Å². The molecule has 42 heavy (non-hydrogen) atoms. The lowest BCUT2D eigenvalue weighted by Crippen LogP contribution is -2.39. The first-order valence-electron chi connectivity index (χ1n) is 13.9. The van der Waals surface area contributed by atoms with Gasteiger partial charge in [-0.2, -0.15) is 0 Å². The Kier molecular flexibility index (Phi) is 8.52. The molecule has 2 aromatic carbocycles. The number of hydrogen-bond acceptors (Lipinski definition) is 7. The van der Waals surface area contributed by atoms with Gasteiger partial charge in [0.15, 0.2) is 11.5 Å². The predicted octanol–water partition coefficient (Wildman–Crippen LogP) is 6.62. The zero-order valence-corrected chi connectivity index (χ0v) is 25.5. The quantitative estimate of drug-likeness (QED) is 0.191. The minimum Gasteiger partial charge on any atom is -0.493 e. The van der Waals surface area contributed by atoms with Crippen LogP contribution >= 0.6 is 11.6 Å². The number of para-hydroxylation sites is 1. The average Bonchev–Trinajstić information content (AvgIpc) is 3.56. The van der Waals surface area contributed by atoms with E-state index in [1.165, 1.54) is 0 Å². The third-order valence-corrected chi connectivity index (χ3v) is 7.58. The summed E-state index contributed by atoms with van der Waals surface area (Å²) in [5.41, 5.74) is 3.47. The molecule has 1 aliphatic rings. The molecule has 0 radical (unpaired) electrons. The smallest absolute Gasteiger partial charge is 0.349 e. The Morgan fingerprint density at radius 1 is 1.07 bits per heavy atom. The van der Waals surface area contributed by atoms with Crippen molar-refractivity contribution in [2.24, 2.45) is 0 Å². The Bertz CT molecular complexity index is 1580. The topological polar surface area (TPSA) is 86.0 Å². The van der Waals surface area contributed by atoms with Crippen LogP contribution in [0.1, 0.15) is 61.9 Å². The maximum atomic E-state index is 12.3. The van der Waals surface area contributed by atoms with E-state index in [1.807, 2.05) is 66.3 Å². The number of aromatic nitrogens is 3. The first kappa shape index (κ1) is 29.5. The fraction of sp³-hybridized carbons (Fsp3) is 0.375. The van der Waals surface area contributed by atoms with Crippen molar-refractivity contribution in [3.05, 3.63) is 88.3 Å². The summed E-state index contributed by atoms with van der Waals surface area (Å²) in [6.07, 6.45) is 1.84. The van der Waals surface area contributed by atoms with Gasteiger partial charge in [-0.3, -0.25) is 4.68 Å². The number of aryl methyl sites for hydroxylation is 2. The Balaban J connectivity index is 1.48. The number of ether oxygens (including phenoxy) is 5. The molecule has 9 nitrogen and oxygen atoms in total. The average molecular weight is 594 g/mol. The van der Waals surface area contributed by atoms with Gasteiger partial charge in [0, 0.05) is 40.7 Å². The van der Waals surface area contributed by atoms with Crippen molar-refractivity contribution in [3.8, 4) is 23.1 Å². The van der Waals surface area contributed by atoms with Crippen LogP contribution in [-0.2, 0) is 20.8 Å². The number of halogens is 1. The van der Waals surface area contributed by atoms with Gasteiger partial charge in [-0.1, -0.05) is 23.7 Å². The normalized spacial score (nSPS) is 16.3. The number of rotatable bonds is 10. The van der Waals surface area contributed by atoms with Crippen LogP contribution in [0.4, 0.5) is 0 Å². The van der Waals surface area contributed by atoms with E-state index in [2.05, 4.69) is 15.7 Å². The SMILES string of the molecule is CCOC(=O)C(C)(C)Oc1cc(C)n(CC[C@H]2O[C@H](c3cccc(OC)c3OC)c3cc(Cl)ccc3-n3cccc32)n1. The van der Waals surface area contributed by atoms with E-state index in [9.17, 15) is 4.79 Å². The van der Waals surface area contributed by atoms with Crippen molar-refractivity contribution < 1.29 is 28.5 Å². The van der Waals surface area contributed by atoms with Crippen molar-refractivity contribution in [1.29, 1.82) is 0 Å². The molecular weight excluding hydrogens is 558 g/mol. The molecule has 0 N–H and O–H groups in total. The van der Waals surface area contributed by atoms with Crippen LogP contribution in [0.15, 0.2) is 60.8 Å². The van der Waals surface area contributed by atoms with Crippen LogP contribution in [0.2, 0.25) is 5.02 Å². The number of hydrogen-bond donors (Lipinski definition) is 0. The van der Waals surface area contributed by atoms with E-state index in [0.29, 0.717) is 35.4 Å². The summed E-state index contributed by atoms with van der Waals surface area (Å²) in [6.45, 7) is 7.88. The first-order chi connectivity index (χ1) is 20.2. The zero-order chi connectivity index (χ0) is 30.0. The molecule has 4 aromatic rings. The van der Waals surface area contributed by atoms with E-state index >= 15 is 0 Å². The molecule has 10 heteroatoms. The predicted molar refractivity (Wildman–Crippen MR) is 159 cm³/mol. The maximum Gasteiger partial charge on any atom is 0.349 e. The summed E-state index contributed by atoms with van der Waals surface area (Å²) >= 11 is 6.52. The summed E-state index contributed by atoms with van der Waals surface area (Å²) < 4.78 is 33.5. The summed E-state index contributed by atoms with van der Waals surface area (Å²) in [7, 11) is 3.24. The minimum atomic E-state index is -1.16. The second-order valence-electron chi connectivity index (χ2n) is 10.6. The van der Waals surface area contributed by atoms with Crippen LogP contribution in [0, 0.1) is 6.92 Å². The van der Waals surface area contributed by atoms with Gasteiger partial charge >= 0.3 is 5.97 Å². The molecule has 0 unspecified atom stereocenters. The molecule has 5 rings (SSSR count). The fourth-order valence-electron chi connectivity index (χ4n) is 5.32.